The Morgan fingerprint density at radius 3 is 2.60 bits per heavy atom. The highest BCUT2D eigenvalue weighted by Crippen LogP contribution is 2.31. The van der Waals surface area contributed by atoms with E-state index < -0.39 is 0 Å². The zero-order valence-corrected chi connectivity index (χ0v) is 8.40. The van der Waals surface area contributed by atoms with Gasteiger partial charge in [-0.05, 0) is 12.1 Å². The van der Waals surface area contributed by atoms with Gasteiger partial charge in [-0.15, -0.1) is 0 Å². The molecule has 0 radical (unpaired) electrons. The third-order valence-corrected chi connectivity index (χ3v) is 2.76. The van der Waals surface area contributed by atoms with Crippen LogP contribution in [0.1, 0.15) is 0 Å². The largest absolute Gasteiger partial charge is 0.486 e. The van der Waals surface area contributed by atoms with E-state index in [0.29, 0.717) is 6.61 Å². The summed E-state index contributed by atoms with van der Waals surface area (Å²) in [6.07, 6.45) is 0.265. The van der Waals surface area contributed by atoms with Gasteiger partial charge in [-0.25, -0.2) is 0 Å². The van der Waals surface area contributed by atoms with Crippen LogP contribution in [0.2, 0.25) is 0 Å². The van der Waals surface area contributed by atoms with E-state index in [9.17, 15) is 0 Å². The third-order valence-electron chi connectivity index (χ3n) is 2.76. The molecule has 1 aromatic carbocycles. The monoisotopic (exact) mass is 206 g/mol. The van der Waals surface area contributed by atoms with Crippen molar-refractivity contribution >= 4 is 0 Å². The summed E-state index contributed by atoms with van der Waals surface area (Å²) in [6, 6.07) is 7.78. The summed E-state index contributed by atoms with van der Waals surface area (Å²) in [4.78, 5) is 0. The summed E-state index contributed by atoms with van der Waals surface area (Å²) in [7, 11) is 0. The van der Waals surface area contributed by atoms with E-state index in [-0.39, 0.29) is 12.3 Å². The van der Waals surface area contributed by atoms with Crippen molar-refractivity contribution in [2.45, 2.75) is 12.3 Å². The molecule has 4 heteroatoms. The molecule has 1 atom stereocenters. The fourth-order valence-electron chi connectivity index (χ4n) is 1.99. The summed E-state index contributed by atoms with van der Waals surface area (Å²) in [5, 5.41) is 6.68. The molecule has 4 nitrogen and oxygen atoms in total. The van der Waals surface area contributed by atoms with Gasteiger partial charge in [0.25, 0.3) is 0 Å². The highest BCUT2D eigenvalue weighted by molar-refractivity contribution is 5.40. The quantitative estimate of drug-likeness (QED) is 0.695. The van der Waals surface area contributed by atoms with E-state index in [4.69, 9.17) is 9.47 Å². The number of fused-ring (bicyclic) bond motifs is 1. The molecule has 0 spiro atoms. The second-order valence-corrected chi connectivity index (χ2v) is 3.80. The van der Waals surface area contributed by atoms with Gasteiger partial charge < -0.3 is 9.47 Å². The summed E-state index contributed by atoms with van der Waals surface area (Å²) in [5.41, 5.74) is 0. The van der Waals surface area contributed by atoms with Gasteiger partial charge in [-0.1, -0.05) is 12.1 Å². The smallest absolute Gasteiger partial charge is 0.161 e. The maximum atomic E-state index is 5.87. The highest BCUT2D eigenvalue weighted by atomic mass is 16.6. The van der Waals surface area contributed by atoms with Gasteiger partial charge in [0, 0.05) is 13.1 Å². The van der Waals surface area contributed by atoms with Gasteiger partial charge in [0.1, 0.15) is 6.61 Å². The Labute approximate surface area is 88.6 Å². The Morgan fingerprint density at radius 1 is 1.07 bits per heavy atom. The molecule has 80 valence electrons. The lowest BCUT2D eigenvalue weighted by Gasteiger charge is -2.30. The third kappa shape index (κ3) is 1.66. The standard InChI is InChI=1S/C11H14N2O2/c1-2-4-9-8(3-1)14-7-10(15-9)11-12-5-6-13-11/h1-4,10-13H,5-7H2. The molecule has 2 aliphatic heterocycles. The number of hydrogen-bond donors (Lipinski definition) is 2. The average Bonchev–Trinajstić information content (AvgIpc) is 2.82. The van der Waals surface area contributed by atoms with Gasteiger partial charge in [-0.2, -0.15) is 0 Å². The molecule has 3 rings (SSSR count). The van der Waals surface area contributed by atoms with Crippen LogP contribution in [0.15, 0.2) is 24.3 Å². The Balaban J connectivity index is 1.76. The van der Waals surface area contributed by atoms with Crippen molar-refractivity contribution in [2.75, 3.05) is 19.7 Å². The maximum Gasteiger partial charge on any atom is 0.161 e. The van der Waals surface area contributed by atoms with Crippen molar-refractivity contribution in [2.24, 2.45) is 0 Å². The highest BCUT2D eigenvalue weighted by Gasteiger charge is 2.30. The molecule has 0 amide bonds. The molecule has 1 aromatic rings. The first-order valence-electron chi connectivity index (χ1n) is 5.29. The molecule has 0 saturated carbocycles. The average molecular weight is 206 g/mol. The van der Waals surface area contributed by atoms with Gasteiger partial charge in [0.2, 0.25) is 0 Å². The molecule has 1 saturated heterocycles. The van der Waals surface area contributed by atoms with Crippen molar-refractivity contribution in [3.63, 3.8) is 0 Å². The van der Waals surface area contributed by atoms with Crippen LogP contribution in [0.4, 0.5) is 0 Å². The Bertz CT molecular complexity index is 350. The molecule has 0 aromatic heterocycles. The summed E-state index contributed by atoms with van der Waals surface area (Å²) in [5.74, 6) is 1.68. The van der Waals surface area contributed by atoms with Crippen LogP contribution < -0.4 is 20.1 Å². The van der Waals surface area contributed by atoms with E-state index >= 15 is 0 Å². The number of nitrogens with one attached hydrogen (secondary N) is 2. The van der Waals surface area contributed by atoms with Crippen molar-refractivity contribution < 1.29 is 9.47 Å². The minimum atomic E-state index is 0.0578. The molecule has 1 fully saturated rings. The molecule has 15 heavy (non-hydrogen) atoms. The van der Waals surface area contributed by atoms with Gasteiger partial charge in [0.15, 0.2) is 17.6 Å². The van der Waals surface area contributed by atoms with E-state index in [0.717, 1.165) is 24.6 Å². The number of benzene rings is 1. The second-order valence-electron chi connectivity index (χ2n) is 3.80. The zero-order chi connectivity index (χ0) is 10.1. The van der Waals surface area contributed by atoms with Crippen molar-refractivity contribution in [3.8, 4) is 11.5 Å². The van der Waals surface area contributed by atoms with Crippen LogP contribution in [0.3, 0.4) is 0 Å². The first-order chi connectivity index (χ1) is 7.43. The lowest BCUT2D eigenvalue weighted by Crippen LogP contribution is -2.50. The van der Waals surface area contributed by atoms with Gasteiger partial charge >= 0.3 is 0 Å². The van der Waals surface area contributed by atoms with Crippen LogP contribution >= 0.6 is 0 Å². The molecule has 2 heterocycles. The van der Waals surface area contributed by atoms with Gasteiger partial charge in [0.05, 0.1) is 6.17 Å². The molecule has 2 aliphatic rings. The molecule has 0 aliphatic carbocycles. The van der Waals surface area contributed by atoms with E-state index in [1.165, 1.54) is 0 Å². The zero-order valence-electron chi connectivity index (χ0n) is 8.40. The fourth-order valence-corrected chi connectivity index (χ4v) is 1.99. The SMILES string of the molecule is c1ccc2c(c1)OCC(C1NCCN1)O2. The number of ether oxygens (including phenoxy) is 2. The number of rotatable bonds is 1. The van der Waals surface area contributed by atoms with Crippen molar-refractivity contribution in [1.29, 1.82) is 0 Å². The maximum absolute atomic E-state index is 5.87. The summed E-state index contributed by atoms with van der Waals surface area (Å²) < 4.78 is 11.5. The summed E-state index contributed by atoms with van der Waals surface area (Å²) >= 11 is 0. The van der Waals surface area contributed by atoms with E-state index in [2.05, 4.69) is 10.6 Å². The van der Waals surface area contributed by atoms with Crippen molar-refractivity contribution in [3.05, 3.63) is 24.3 Å². The minimum absolute atomic E-state index is 0.0578. The lowest BCUT2D eigenvalue weighted by atomic mass is 10.2. The second kappa shape index (κ2) is 3.72. The van der Waals surface area contributed by atoms with Crippen LogP contribution in [0.5, 0.6) is 11.5 Å². The van der Waals surface area contributed by atoms with Crippen LogP contribution in [-0.4, -0.2) is 32.0 Å². The topological polar surface area (TPSA) is 42.5 Å². The molecule has 0 bridgehead atoms. The van der Waals surface area contributed by atoms with E-state index in [1.54, 1.807) is 0 Å². The first kappa shape index (κ1) is 9.00. The number of para-hydroxylation sites is 2. The summed E-state index contributed by atoms with van der Waals surface area (Å²) in [6.45, 7) is 2.58. The van der Waals surface area contributed by atoms with Crippen LogP contribution in [0.25, 0.3) is 0 Å². The molecular weight excluding hydrogens is 192 g/mol. The van der Waals surface area contributed by atoms with E-state index in [1.807, 2.05) is 24.3 Å². The number of hydrogen-bond acceptors (Lipinski definition) is 4. The Hall–Kier alpha value is -1.26. The Morgan fingerprint density at radius 2 is 1.80 bits per heavy atom. The minimum Gasteiger partial charge on any atom is -0.486 e. The van der Waals surface area contributed by atoms with Crippen LogP contribution in [-0.2, 0) is 0 Å². The first-order valence-corrected chi connectivity index (χ1v) is 5.29. The predicted molar refractivity (Wildman–Crippen MR) is 56.1 cm³/mol. The molecular formula is C11H14N2O2. The van der Waals surface area contributed by atoms with Gasteiger partial charge in [-0.3, -0.25) is 10.6 Å². The fraction of sp³-hybridized carbons (Fsp3) is 0.455. The molecule has 1 unspecified atom stereocenters. The lowest BCUT2D eigenvalue weighted by molar-refractivity contribution is 0.0615. The normalized spacial score (nSPS) is 25.5. The Kier molecular flexibility index (Phi) is 2.23. The molecule has 2 N–H and O–H groups in total. The predicted octanol–water partition coefficient (Wildman–Crippen LogP) is 0.345. The van der Waals surface area contributed by atoms with Crippen molar-refractivity contribution in [1.82, 2.24) is 10.6 Å². The van der Waals surface area contributed by atoms with Crippen LogP contribution in [0, 0.1) is 0 Å².